The third kappa shape index (κ3) is 9.06. The molecule has 0 spiro atoms. The fourth-order valence-electron chi connectivity index (χ4n) is 2.19. The van der Waals surface area contributed by atoms with Crippen LogP contribution in [0.15, 0.2) is 39.8 Å². The zero-order valence-corrected chi connectivity index (χ0v) is 15.3. The molecule has 0 aromatic heterocycles. The number of hydrogen-bond donors (Lipinski definition) is 3. The van der Waals surface area contributed by atoms with E-state index in [0.29, 0.717) is 18.4 Å². The lowest BCUT2D eigenvalue weighted by molar-refractivity contribution is -0.274. The summed E-state index contributed by atoms with van der Waals surface area (Å²) in [6.07, 6.45) is -0.919. The molecule has 1 rings (SSSR count). The van der Waals surface area contributed by atoms with Crippen molar-refractivity contribution in [3.63, 3.8) is 0 Å². The first-order chi connectivity index (χ1) is 13.1. The summed E-state index contributed by atoms with van der Waals surface area (Å²) < 4.78 is 41.6. The van der Waals surface area contributed by atoms with Gasteiger partial charge in [-0.05, 0) is 37.0 Å². The molecule has 0 bridgehead atoms. The SMILES string of the molecule is CC/C(C=N[C@@H](CCCN=C(N)N)C(=O)O)=C\c1ccccc1OC(F)(F)F. The van der Waals surface area contributed by atoms with Gasteiger partial charge in [-0.2, -0.15) is 0 Å². The molecule has 5 N–H and O–H groups in total. The summed E-state index contributed by atoms with van der Waals surface area (Å²) in [6, 6.07) is 4.66. The van der Waals surface area contributed by atoms with Crippen LogP contribution in [0, 0.1) is 0 Å². The number of aliphatic carboxylic acids is 1. The number of allylic oxidation sites excluding steroid dienone is 1. The van der Waals surface area contributed by atoms with Gasteiger partial charge in [0, 0.05) is 18.3 Å². The van der Waals surface area contributed by atoms with Crippen LogP contribution in [0.1, 0.15) is 31.7 Å². The Bertz CT molecular complexity index is 742. The maximum absolute atomic E-state index is 12.5. The highest BCUT2D eigenvalue weighted by atomic mass is 19.4. The van der Waals surface area contributed by atoms with E-state index in [4.69, 9.17) is 11.5 Å². The zero-order chi connectivity index (χ0) is 21.2. The van der Waals surface area contributed by atoms with Gasteiger partial charge in [0.25, 0.3) is 0 Å². The normalized spacial score (nSPS) is 13.4. The first-order valence-corrected chi connectivity index (χ1v) is 8.49. The number of ether oxygens (including phenoxy) is 1. The molecule has 0 heterocycles. The van der Waals surface area contributed by atoms with E-state index >= 15 is 0 Å². The Hall–Kier alpha value is -3.04. The molecule has 0 fully saturated rings. The van der Waals surface area contributed by atoms with Gasteiger partial charge < -0.3 is 21.3 Å². The average molecular weight is 400 g/mol. The number of nitrogens with zero attached hydrogens (tertiary/aromatic N) is 2. The van der Waals surface area contributed by atoms with Crippen LogP contribution in [0.25, 0.3) is 6.08 Å². The fourth-order valence-corrected chi connectivity index (χ4v) is 2.19. The van der Waals surface area contributed by atoms with Gasteiger partial charge in [-0.3, -0.25) is 9.98 Å². The molecule has 0 amide bonds. The van der Waals surface area contributed by atoms with E-state index in [9.17, 15) is 23.1 Å². The van der Waals surface area contributed by atoms with E-state index < -0.39 is 18.4 Å². The van der Waals surface area contributed by atoms with Gasteiger partial charge in [-0.25, -0.2) is 4.79 Å². The molecule has 0 saturated heterocycles. The highest BCUT2D eigenvalue weighted by Gasteiger charge is 2.31. The predicted octanol–water partition coefficient (Wildman–Crippen LogP) is 2.96. The molecule has 7 nitrogen and oxygen atoms in total. The second-order valence-corrected chi connectivity index (χ2v) is 5.74. The highest BCUT2D eigenvalue weighted by Crippen LogP contribution is 2.28. The van der Waals surface area contributed by atoms with Crippen molar-refractivity contribution in [1.82, 2.24) is 0 Å². The summed E-state index contributed by atoms with van der Waals surface area (Å²) in [5, 5.41) is 9.27. The summed E-state index contributed by atoms with van der Waals surface area (Å²) in [5.41, 5.74) is 11.2. The summed E-state index contributed by atoms with van der Waals surface area (Å²) in [5.74, 6) is -1.54. The van der Waals surface area contributed by atoms with Crippen molar-refractivity contribution in [3.8, 4) is 5.75 Å². The fraction of sp³-hybridized carbons (Fsp3) is 0.389. The van der Waals surface area contributed by atoms with Gasteiger partial charge in [0.1, 0.15) is 11.8 Å². The number of aliphatic imine (C=N–C) groups is 2. The Balaban J connectivity index is 2.94. The Morgan fingerprint density at radius 3 is 2.57 bits per heavy atom. The lowest BCUT2D eigenvalue weighted by Gasteiger charge is -2.12. The highest BCUT2D eigenvalue weighted by molar-refractivity contribution is 5.88. The second-order valence-electron chi connectivity index (χ2n) is 5.74. The van der Waals surface area contributed by atoms with Crippen LogP contribution in [0.4, 0.5) is 13.2 Å². The van der Waals surface area contributed by atoms with E-state index in [-0.39, 0.29) is 30.2 Å². The van der Waals surface area contributed by atoms with Gasteiger partial charge in [0.15, 0.2) is 5.96 Å². The summed E-state index contributed by atoms with van der Waals surface area (Å²) in [7, 11) is 0. The molecule has 0 saturated carbocycles. The number of halogens is 3. The Labute approximate surface area is 160 Å². The van der Waals surface area contributed by atoms with Crippen molar-refractivity contribution in [2.45, 2.75) is 38.6 Å². The number of carboxylic acids is 1. The van der Waals surface area contributed by atoms with Crippen LogP contribution in [0.2, 0.25) is 0 Å². The standard InChI is InChI=1S/C18H23F3N4O3/c1-2-12(10-13-6-3-4-8-15(13)28-18(19,20)21)11-25-14(16(26)27)7-5-9-24-17(22)23/h3-4,6,8,10-11,14H,2,5,7,9H2,1H3,(H,26,27)(H4,22,23,24)/b12-10+,25-11?/t14-/m0/s1. The summed E-state index contributed by atoms with van der Waals surface area (Å²) >= 11 is 0. The van der Waals surface area contributed by atoms with Gasteiger partial charge in [-0.1, -0.05) is 25.1 Å². The number of carboxylic acid groups (broad SMARTS) is 1. The largest absolute Gasteiger partial charge is 0.573 e. The first-order valence-electron chi connectivity index (χ1n) is 8.49. The molecular weight excluding hydrogens is 377 g/mol. The number of benzene rings is 1. The molecule has 0 aliphatic carbocycles. The quantitative estimate of drug-likeness (QED) is 0.316. The van der Waals surface area contributed by atoms with Gasteiger partial charge in [0.05, 0.1) is 0 Å². The third-order valence-corrected chi connectivity index (χ3v) is 3.53. The Morgan fingerprint density at radius 1 is 1.32 bits per heavy atom. The minimum Gasteiger partial charge on any atom is -0.480 e. The molecule has 1 atom stereocenters. The molecule has 0 radical (unpaired) electrons. The molecule has 1 aromatic rings. The zero-order valence-electron chi connectivity index (χ0n) is 15.3. The smallest absolute Gasteiger partial charge is 0.480 e. The number of para-hydroxylation sites is 1. The number of nitrogens with two attached hydrogens (primary N) is 2. The monoisotopic (exact) mass is 400 g/mol. The molecule has 1 aromatic carbocycles. The van der Waals surface area contributed by atoms with E-state index in [1.807, 2.05) is 0 Å². The van der Waals surface area contributed by atoms with Crippen LogP contribution in [-0.2, 0) is 4.79 Å². The third-order valence-electron chi connectivity index (χ3n) is 3.53. The van der Waals surface area contributed by atoms with Crippen LogP contribution >= 0.6 is 0 Å². The van der Waals surface area contributed by atoms with Crippen molar-refractivity contribution in [2.75, 3.05) is 6.54 Å². The lowest BCUT2D eigenvalue weighted by Crippen LogP contribution is -2.23. The first kappa shape index (κ1) is 23.0. The molecule has 0 unspecified atom stereocenters. The van der Waals surface area contributed by atoms with E-state index in [1.165, 1.54) is 30.5 Å². The lowest BCUT2D eigenvalue weighted by atomic mass is 10.1. The average Bonchev–Trinajstić information content (AvgIpc) is 2.59. The van der Waals surface area contributed by atoms with Crippen molar-refractivity contribution in [1.29, 1.82) is 0 Å². The Morgan fingerprint density at radius 2 is 2.00 bits per heavy atom. The Kier molecular flexibility index (Phi) is 9.00. The minimum atomic E-state index is -4.81. The molecule has 28 heavy (non-hydrogen) atoms. The maximum Gasteiger partial charge on any atom is 0.573 e. The van der Waals surface area contributed by atoms with Crippen molar-refractivity contribution in [2.24, 2.45) is 21.5 Å². The maximum atomic E-state index is 12.5. The molecule has 10 heteroatoms. The van der Waals surface area contributed by atoms with Crippen LogP contribution < -0.4 is 16.2 Å². The number of guanidine groups is 1. The van der Waals surface area contributed by atoms with Crippen molar-refractivity contribution < 1.29 is 27.8 Å². The summed E-state index contributed by atoms with van der Waals surface area (Å²) in [4.78, 5) is 19.2. The van der Waals surface area contributed by atoms with Crippen LogP contribution in [0.3, 0.4) is 0 Å². The number of carbonyl (C=O) groups is 1. The molecule has 0 aliphatic rings. The van der Waals surface area contributed by atoms with Crippen LogP contribution in [0.5, 0.6) is 5.75 Å². The molecule has 154 valence electrons. The number of hydrogen-bond acceptors (Lipinski definition) is 4. The van der Waals surface area contributed by atoms with E-state index in [1.54, 1.807) is 13.0 Å². The predicted molar refractivity (Wildman–Crippen MR) is 101 cm³/mol. The van der Waals surface area contributed by atoms with Crippen molar-refractivity contribution in [3.05, 3.63) is 35.4 Å². The topological polar surface area (TPSA) is 123 Å². The second kappa shape index (κ2) is 11.0. The summed E-state index contributed by atoms with van der Waals surface area (Å²) in [6.45, 7) is 2.06. The van der Waals surface area contributed by atoms with Gasteiger partial charge in [0.2, 0.25) is 0 Å². The minimum absolute atomic E-state index is 0.0775. The molecular formula is C18H23F3N4O3. The van der Waals surface area contributed by atoms with E-state index in [2.05, 4.69) is 14.7 Å². The number of alkyl halides is 3. The van der Waals surface area contributed by atoms with Crippen LogP contribution in [-0.4, -0.2) is 42.2 Å². The van der Waals surface area contributed by atoms with Gasteiger partial charge >= 0.3 is 12.3 Å². The van der Waals surface area contributed by atoms with Gasteiger partial charge in [-0.15, -0.1) is 13.2 Å². The van der Waals surface area contributed by atoms with E-state index in [0.717, 1.165) is 0 Å². The van der Waals surface area contributed by atoms with Crippen molar-refractivity contribution >= 4 is 24.2 Å². The molecule has 0 aliphatic heterocycles. The number of rotatable bonds is 10.